The van der Waals surface area contributed by atoms with Crippen molar-refractivity contribution >= 4 is 11.8 Å². The van der Waals surface area contributed by atoms with E-state index in [4.69, 9.17) is 9.72 Å². The van der Waals surface area contributed by atoms with Crippen molar-refractivity contribution in [3.8, 4) is 0 Å². The van der Waals surface area contributed by atoms with Crippen LogP contribution in [0.3, 0.4) is 0 Å². The van der Waals surface area contributed by atoms with Crippen molar-refractivity contribution in [2.24, 2.45) is 5.92 Å². The number of nitrogens with zero attached hydrogens (tertiary/aromatic N) is 4. The Kier molecular flexibility index (Phi) is 3.54. The molecule has 20 heavy (non-hydrogen) atoms. The van der Waals surface area contributed by atoms with Crippen molar-refractivity contribution in [2.45, 2.75) is 32.8 Å². The Hall–Kier alpha value is -1.36. The summed E-state index contributed by atoms with van der Waals surface area (Å²) in [6, 6.07) is 0. The fourth-order valence-corrected chi connectivity index (χ4v) is 2.73. The third-order valence-electron chi connectivity index (χ3n) is 4.29. The Morgan fingerprint density at radius 1 is 1.20 bits per heavy atom. The zero-order valence-corrected chi connectivity index (χ0v) is 12.9. The molecule has 0 unspecified atom stereocenters. The van der Waals surface area contributed by atoms with E-state index in [1.807, 2.05) is 19.0 Å². The van der Waals surface area contributed by atoms with Gasteiger partial charge in [0.15, 0.2) is 0 Å². The highest BCUT2D eigenvalue weighted by molar-refractivity contribution is 5.52. The third kappa shape index (κ3) is 2.59. The largest absolute Gasteiger partial charge is 0.374 e. The minimum atomic E-state index is 0.390. The van der Waals surface area contributed by atoms with E-state index in [2.05, 4.69) is 23.7 Å². The maximum absolute atomic E-state index is 5.91. The van der Waals surface area contributed by atoms with Crippen LogP contribution in [0.25, 0.3) is 0 Å². The van der Waals surface area contributed by atoms with Gasteiger partial charge >= 0.3 is 0 Å². The van der Waals surface area contributed by atoms with Gasteiger partial charge in [-0.3, -0.25) is 0 Å². The average Bonchev–Trinajstić information content (AvgIpc) is 3.26. The molecule has 0 radical (unpaired) electrons. The molecule has 1 atom stereocenters. The number of hydrogen-bond acceptors (Lipinski definition) is 5. The van der Waals surface area contributed by atoms with E-state index in [-0.39, 0.29) is 0 Å². The molecule has 2 aliphatic rings. The van der Waals surface area contributed by atoms with Gasteiger partial charge in [0, 0.05) is 38.4 Å². The van der Waals surface area contributed by atoms with Crippen LogP contribution in [0, 0.1) is 19.8 Å². The Morgan fingerprint density at radius 2 is 1.95 bits per heavy atom. The van der Waals surface area contributed by atoms with Crippen molar-refractivity contribution in [1.82, 2.24) is 9.97 Å². The summed E-state index contributed by atoms with van der Waals surface area (Å²) >= 11 is 0. The van der Waals surface area contributed by atoms with Crippen LogP contribution in [-0.2, 0) is 4.74 Å². The van der Waals surface area contributed by atoms with Crippen LogP contribution >= 0.6 is 0 Å². The first-order valence-electron chi connectivity index (χ1n) is 7.45. The van der Waals surface area contributed by atoms with Crippen molar-refractivity contribution < 1.29 is 4.74 Å². The molecule has 1 saturated heterocycles. The van der Waals surface area contributed by atoms with Crippen molar-refractivity contribution in [3.63, 3.8) is 0 Å². The first kappa shape index (κ1) is 13.6. The van der Waals surface area contributed by atoms with E-state index in [1.165, 1.54) is 18.4 Å². The highest BCUT2D eigenvalue weighted by atomic mass is 16.5. The second kappa shape index (κ2) is 5.20. The molecule has 5 heteroatoms. The van der Waals surface area contributed by atoms with Gasteiger partial charge in [-0.25, -0.2) is 4.98 Å². The topological polar surface area (TPSA) is 41.5 Å². The fraction of sp³-hybridized carbons (Fsp3) is 0.733. The molecule has 2 heterocycles. The number of hydrogen-bond donors (Lipinski definition) is 0. The number of ether oxygens (including phenoxy) is 1. The van der Waals surface area contributed by atoms with Gasteiger partial charge in [-0.05, 0) is 32.6 Å². The van der Waals surface area contributed by atoms with Crippen molar-refractivity contribution in [3.05, 3.63) is 11.3 Å². The molecule has 2 fully saturated rings. The lowest BCUT2D eigenvalue weighted by Gasteiger charge is -2.35. The van der Waals surface area contributed by atoms with E-state index in [0.717, 1.165) is 43.1 Å². The molecule has 1 saturated carbocycles. The lowest BCUT2D eigenvalue weighted by atomic mass is 10.1. The SMILES string of the molecule is Cc1nc(N(C)C)nc(N2CCO[C@@H](C3CC3)C2)c1C. The molecule has 0 bridgehead atoms. The molecule has 5 nitrogen and oxygen atoms in total. The number of morpholine rings is 1. The Labute approximate surface area is 121 Å². The van der Waals surface area contributed by atoms with Crippen LogP contribution in [0.4, 0.5) is 11.8 Å². The maximum atomic E-state index is 5.91. The number of rotatable bonds is 3. The van der Waals surface area contributed by atoms with Gasteiger partial charge in [-0.2, -0.15) is 4.98 Å². The number of aromatic nitrogens is 2. The Morgan fingerprint density at radius 3 is 2.60 bits per heavy atom. The summed E-state index contributed by atoms with van der Waals surface area (Å²) in [6.45, 7) is 6.88. The zero-order chi connectivity index (χ0) is 14.3. The summed E-state index contributed by atoms with van der Waals surface area (Å²) in [4.78, 5) is 13.7. The summed E-state index contributed by atoms with van der Waals surface area (Å²) in [5.41, 5.74) is 2.25. The second-order valence-corrected chi connectivity index (χ2v) is 6.14. The van der Waals surface area contributed by atoms with Crippen LogP contribution in [0.1, 0.15) is 24.1 Å². The molecule has 110 valence electrons. The van der Waals surface area contributed by atoms with Gasteiger partial charge in [0.1, 0.15) is 5.82 Å². The normalized spacial score (nSPS) is 23.0. The van der Waals surface area contributed by atoms with E-state index >= 15 is 0 Å². The molecular weight excluding hydrogens is 252 g/mol. The molecule has 1 aromatic heterocycles. The van der Waals surface area contributed by atoms with E-state index in [9.17, 15) is 0 Å². The van der Waals surface area contributed by atoms with Gasteiger partial charge < -0.3 is 14.5 Å². The minimum absolute atomic E-state index is 0.390. The van der Waals surface area contributed by atoms with E-state index < -0.39 is 0 Å². The predicted molar refractivity (Wildman–Crippen MR) is 80.5 cm³/mol. The first-order valence-corrected chi connectivity index (χ1v) is 7.45. The van der Waals surface area contributed by atoms with Crippen molar-refractivity contribution in [2.75, 3.05) is 43.6 Å². The van der Waals surface area contributed by atoms with Crippen LogP contribution < -0.4 is 9.80 Å². The summed E-state index contributed by atoms with van der Waals surface area (Å²) in [7, 11) is 3.97. The monoisotopic (exact) mass is 276 g/mol. The summed E-state index contributed by atoms with van der Waals surface area (Å²) in [5.74, 6) is 2.64. The number of aryl methyl sites for hydroxylation is 1. The molecule has 0 N–H and O–H groups in total. The molecule has 0 amide bonds. The molecular formula is C15H24N4O. The standard InChI is InChI=1S/C15H24N4O/c1-10-11(2)16-15(18(3)4)17-14(10)19-7-8-20-13(9-19)12-5-6-12/h12-13H,5-9H2,1-4H3/t13-/m1/s1. The van der Waals surface area contributed by atoms with Crippen LogP contribution in [-0.4, -0.2) is 49.9 Å². The zero-order valence-electron chi connectivity index (χ0n) is 12.9. The van der Waals surface area contributed by atoms with Gasteiger partial charge in [0.2, 0.25) is 5.95 Å². The summed E-state index contributed by atoms with van der Waals surface area (Å²) in [6.07, 6.45) is 3.04. The Bertz CT molecular complexity index is 499. The second-order valence-electron chi connectivity index (χ2n) is 6.14. The lowest BCUT2D eigenvalue weighted by molar-refractivity contribution is 0.0261. The molecule has 1 aromatic rings. The van der Waals surface area contributed by atoms with Crippen LogP contribution in [0.5, 0.6) is 0 Å². The van der Waals surface area contributed by atoms with Crippen molar-refractivity contribution in [1.29, 1.82) is 0 Å². The van der Waals surface area contributed by atoms with Gasteiger partial charge in [-0.15, -0.1) is 0 Å². The number of anilines is 2. The Balaban J connectivity index is 1.87. The molecule has 0 spiro atoms. The molecule has 1 aliphatic heterocycles. The summed E-state index contributed by atoms with van der Waals surface area (Å²) in [5, 5.41) is 0. The van der Waals surface area contributed by atoms with Crippen LogP contribution in [0.15, 0.2) is 0 Å². The molecule has 1 aliphatic carbocycles. The minimum Gasteiger partial charge on any atom is -0.374 e. The smallest absolute Gasteiger partial charge is 0.227 e. The highest BCUT2D eigenvalue weighted by Crippen LogP contribution is 2.36. The average molecular weight is 276 g/mol. The fourth-order valence-electron chi connectivity index (χ4n) is 2.73. The van der Waals surface area contributed by atoms with E-state index in [1.54, 1.807) is 0 Å². The lowest BCUT2D eigenvalue weighted by Crippen LogP contribution is -2.44. The summed E-state index contributed by atoms with van der Waals surface area (Å²) < 4.78 is 5.91. The van der Waals surface area contributed by atoms with Gasteiger partial charge in [0.25, 0.3) is 0 Å². The van der Waals surface area contributed by atoms with E-state index in [0.29, 0.717) is 6.10 Å². The van der Waals surface area contributed by atoms with Gasteiger partial charge in [0.05, 0.1) is 12.7 Å². The maximum Gasteiger partial charge on any atom is 0.227 e. The molecule has 0 aromatic carbocycles. The third-order valence-corrected chi connectivity index (χ3v) is 4.29. The molecule has 3 rings (SSSR count). The van der Waals surface area contributed by atoms with Crippen LogP contribution in [0.2, 0.25) is 0 Å². The predicted octanol–water partition coefficient (Wildman–Crippen LogP) is 1.77. The van der Waals surface area contributed by atoms with Gasteiger partial charge in [-0.1, -0.05) is 0 Å². The first-order chi connectivity index (χ1) is 9.56. The quantitative estimate of drug-likeness (QED) is 0.841. The highest BCUT2D eigenvalue weighted by Gasteiger charge is 2.36.